The molecule has 0 aliphatic rings. The standard InChI is InChI=1S/C9H10F3NO/c1-9(11,12)14-7-4-2-3-6(5-13)8(7)10/h2-4H,5,13H2,1H3. The quantitative estimate of drug-likeness (QED) is 0.821. The predicted octanol–water partition coefficient (Wildman–Crippen LogP) is 2.28. The van der Waals surface area contributed by atoms with Gasteiger partial charge in [-0.25, -0.2) is 4.39 Å². The van der Waals surface area contributed by atoms with Gasteiger partial charge in [0.15, 0.2) is 11.6 Å². The molecule has 0 saturated heterocycles. The lowest BCUT2D eigenvalue weighted by Gasteiger charge is -2.14. The SMILES string of the molecule is CC(F)(F)Oc1cccc(CN)c1F. The Balaban J connectivity index is 2.98. The molecule has 0 saturated carbocycles. The van der Waals surface area contributed by atoms with Crippen LogP contribution in [0.3, 0.4) is 0 Å². The molecule has 14 heavy (non-hydrogen) atoms. The minimum atomic E-state index is -3.39. The summed E-state index contributed by atoms with van der Waals surface area (Å²) in [5.41, 5.74) is 5.35. The fourth-order valence-corrected chi connectivity index (χ4v) is 0.986. The van der Waals surface area contributed by atoms with Crippen molar-refractivity contribution < 1.29 is 17.9 Å². The first-order valence-corrected chi connectivity index (χ1v) is 3.98. The summed E-state index contributed by atoms with van der Waals surface area (Å²) in [5.74, 6) is -1.32. The van der Waals surface area contributed by atoms with E-state index >= 15 is 0 Å². The van der Waals surface area contributed by atoms with Crippen LogP contribution >= 0.6 is 0 Å². The molecule has 1 aromatic rings. The van der Waals surface area contributed by atoms with Crippen LogP contribution in [0.15, 0.2) is 18.2 Å². The molecule has 0 radical (unpaired) electrons. The lowest BCUT2D eigenvalue weighted by Crippen LogP contribution is -2.20. The summed E-state index contributed by atoms with van der Waals surface area (Å²) in [6.07, 6.45) is -3.39. The van der Waals surface area contributed by atoms with Crippen molar-refractivity contribution in [1.29, 1.82) is 0 Å². The van der Waals surface area contributed by atoms with Gasteiger partial charge in [0.25, 0.3) is 0 Å². The number of rotatable bonds is 3. The van der Waals surface area contributed by atoms with E-state index in [4.69, 9.17) is 5.73 Å². The molecule has 0 unspecified atom stereocenters. The van der Waals surface area contributed by atoms with Crippen molar-refractivity contribution in [1.82, 2.24) is 0 Å². The molecule has 0 aromatic heterocycles. The van der Waals surface area contributed by atoms with Crippen molar-refractivity contribution >= 4 is 0 Å². The number of benzene rings is 1. The van der Waals surface area contributed by atoms with Gasteiger partial charge < -0.3 is 10.5 Å². The van der Waals surface area contributed by atoms with Gasteiger partial charge in [-0.15, -0.1) is 0 Å². The molecule has 0 heterocycles. The average Bonchev–Trinajstić information content (AvgIpc) is 2.06. The molecular weight excluding hydrogens is 195 g/mol. The highest BCUT2D eigenvalue weighted by Gasteiger charge is 2.25. The number of ether oxygens (including phenoxy) is 1. The Morgan fingerprint density at radius 1 is 1.43 bits per heavy atom. The number of alkyl halides is 2. The van der Waals surface area contributed by atoms with Crippen LogP contribution in [-0.4, -0.2) is 6.11 Å². The van der Waals surface area contributed by atoms with Crippen molar-refractivity contribution in [3.8, 4) is 5.75 Å². The Morgan fingerprint density at radius 2 is 2.07 bits per heavy atom. The molecule has 1 aromatic carbocycles. The van der Waals surface area contributed by atoms with Crippen LogP contribution in [0, 0.1) is 5.82 Å². The fraction of sp³-hybridized carbons (Fsp3) is 0.333. The van der Waals surface area contributed by atoms with Gasteiger partial charge in [0, 0.05) is 19.0 Å². The van der Waals surface area contributed by atoms with E-state index in [0.29, 0.717) is 6.92 Å². The zero-order chi connectivity index (χ0) is 10.8. The highest BCUT2D eigenvalue weighted by molar-refractivity contribution is 5.31. The first-order chi connectivity index (χ1) is 6.44. The summed E-state index contributed by atoms with van der Waals surface area (Å²) in [6.45, 7) is 0.486. The van der Waals surface area contributed by atoms with Crippen LogP contribution in [0.25, 0.3) is 0 Å². The maximum absolute atomic E-state index is 13.3. The zero-order valence-electron chi connectivity index (χ0n) is 7.56. The Labute approximate surface area is 79.5 Å². The summed E-state index contributed by atoms with van der Waals surface area (Å²) < 4.78 is 42.2. The number of halogens is 3. The normalized spacial score (nSPS) is 11.5. The maximum Gasteiger partial charge on any atom is 0.395 e. The van der Waals surface area contributed by atoms with E-state index in [2.05, 4.69) is 4.74 Å². The first-order valence-electron chi connectivity index (χ1n) is 3.98. The molecule has 0 spiro atoms. The molecular formula is C9H10F3NO. The summed E-state index contributed by atoms with van der Waals surface area (Å²) in [4.78, 5) is 0. The number of hydrogen-bond acceptors (Lipinski definition) is 2. The summed E-state index contributed by atoms with van der Waals surface area (Å²) in [5, 5.41) is 0. The van der Waals surface area contributed by atoms with Gasteiger partial charge in [-0.1, -0.05) is 12.1 Å². The smallest absolute Gasteiger partial charge is 0.395 e. The molecule has 2 N–H and O–H groups in total. The van der Waals surface area contributed by atoms with Gasteiger partial charge in [0.2, 0.25) is 0 Å². The Kier molecular flexibility index (Phi) is 3.00. The van der Waals surface area contributed by atoms with Crippen LogP contribution in [-0.2, 0) is 6.54 Å². The second-order valence-corrected chi connectivity index (χ2v) is 2.84. The largest absolute Gasteiger partial charge is 0.430 e. The Bertz CT molecular complexity index is 322. The van der Waals surface area contributed by atoms with Gasteiger partial charge in [-0.3, -0.25) is 0 Å². The highest BCUT2D eigenvalue weighted by Crippen LogP contribution is 2.25. The minimum Gasteiger partial charge on any atom is -0.430 e. The van der Waals surface area contributed by atoms with E-state index in [1.807, 2.05) is 0 Å². The second kappa shape index (κ2) is 3.88. The van der Waals surface area contributed by atoms with E-state index in [1.165, 1.54) is 12.1 Å². The molecule has 0 fully saturated rings. The molecule has 0 atom stereocenters. The van der Waals surface area contributed by atoms with E-state index in [1.54, 1.807) is 0 Å². The van der Waals surface area contributed by atoms with Crippen molar-refractivity contribution in [2.45, 2.75) is 19.6 Å². The summed E-state index contributed by atoms with van der Waals surface area (Å²) >= 11 is 0. The number of nitrogens with two attached hydrogens (primary N) is 1. The molecule has 0 bridgehead atoms. The summed E-state index contributed by atoms with van der Waals surface area (Å²) in [6, 6.07) is 3.95. The molecule has 0 amide bonds. The third-order valence-electron chi connectivity index (χ3n) is 1.55. The molecule has 0 aliphatic carbocycles. The van der Waals surface area contributed by atoms with Crippen LogP contribution in [0.5, 0.6) is 5.75 Å². The van der Waals surface area contributed by atoms with Crippen LogP contribution in [0.1, 0.15) is 12.5 Å². The zero-order valence-corrected chi connectivity index (χ0v) is 7.56. The summed E-state index contributed by atoms with van der Waals surface area (Å²) in [7, 11) is 0. The maximum atomic E-state index is 13.3. The van der Waals surface area contributed by atoms with Crippen LogP contribution in [0.4, 0.5) is 13.2 Å². The molecule has 1 rings (SSSR count). The number of hydrogen-bond donors (Lipinski definition) is 1. The third kappa shape index (κ3) is 2.63. The second-order valence-electron chi connectivity index (χ2n) is 2.84. The van der Waals surface area contributed by atoms with E-state index in [-0.39, 0.29) is 12.1 Å². The molecule has 5 heteroatoms. The van der Waals surface area contributed by atoms with Crippen molar-refractivity contribution in [2.24, 2.45) is 5.73 Å². The van der Waals surface area contributed by atoms with E-state index < -0.39 is 17.7 Å². The minimum absolute atomic E-state index is 0.0572. The topological polar surface area (TPSA) is 35.2 Å². The lowest BCUT2D eigenvalue weighted by molar-refractivity contribution is -0.160. The van der Waals surface area contributed by atoms with Crippen molar-refractivity contribution in [3.63, 3.8) is 0 Å². The fourth-order valence-electron chi connectivity index (χ4n) is 0.986. The van der Waals surface area contributed by atoms with Crippen molar-refractivity contribution in [2.75, 3.05) is 0 Å². The van der Waals surface area contributed by atoms with E-state index in [0.717, 1.165) is 6.07 Å². The van der Waals surface area contributed by atoms with Gasteiger partial charge in [0.05, 0.1) is 0 Å². The Morgan fingerprint density at radius 3 is 2.57 bits per heavy atom. The molecule has 2 nitrogen and oxygen atoms in total. The van der Waals surface area contributed by atoms with Crippen LogP contribution in [0.2, 0.25) is 0 Å². The monoisotopic (exact) mass is 205 g/mol. The predicted molar refractivity (Wildman–Crippen MR) is 45.5 cm³/mol. The van der Waals surface area contributed by atoms with Crippen molar-refractivity contribution in [3.05, 3.63) is 29.6 Å². The molecule has 0 aliphatic heterocycles. The Hall–Kier alpha value is -1.23. The van der Waals surface area contributed by atoms with Gasteiger partial charge in [-0.05, 0) is 6.07 Å². The third-order valence-corrected chi connectivity index (χ3v) is 1.55. The van der Waals surface area contributed by atoms with Gasteiger partial charge >= 0.3 is 6.11 Å². The highest BCUT2D eigenvalue weighted by atomic mass is 19.3. The van der Waals surface area contributed by atoms with Gasteiger partial charge in [0.1, 0.15) is 0 Å². The van der Waals surface area contributed by atoms with Gasteiger partial charge in [-0.2, -0.15) is 8.78 Å². The van der Waals surface area contributed by atoms with Crippen LogP contribution < -0.4 is 10.5 Å². The van der Waals surface area contributed by atoms with E-state index in [9.17, 15) is 13.2 Å². The molecule has 78 valence electrons. The lowest BCUT2D eigenvalue weighted by atomic mass is 10.2. The first kappa shape index (κ1) is 10.8. The average molecular weight is 205 g/mol.